The van der Waals surface area contributed by atoms with E-state index in [0.717, 1.165) is 24.3 Å². The number of carbonyl (C=O) groups excluding carboxylic acids is 1. The lowest BCUT2D eigenvalue weighted by atomic mass is 10.1. The highest BCUT2D eigenvalue weighted by Crippen LogP contribution is 2.26. The molecule has 1 amide bonds. The van der Waals surface area contributed by atoms with Crippen molar-refractivity contribution in [1.82, 2.24) is 4.72 Å². The molecule has 2 aromatic rings. The van der Waals surface area contributed by atoms with E-state index >= 15 is 0 Å². The fraction of sp³-hybridized carbons (Fsp3) is 0.350. The Balaban J connectivity index is 1.77. The Bertz CT molecular complexity index is 935. The smallest absolute Gasteiger partial charge is 0.255 e. The summed E-state index contributed by atoms with van der Waals surface area (Å²) in [5, 5.41) is 2.88. The molecule has 1 heterocycles. The number of amides is 1. The predicted octanol–water partition coefficient (Wildman–Crippen LogP) is 3.15. The monoisotopic (exact) mass is 387 g/mol. The van der Waals surface area contributed by atoms with Crippen LogP contribution in [0.15, 0.2) is 47.4 Å². The van der Waals surface area contributed by atoms with Gasteiger partial charge in [0, 0.05) is 36.6 Å². The van der Waals surface area contributed by atoms with E-state index in [4.69, 9.17) is 0 Å². The Morgan fingerprint density at radius 3 is 2.52 bits per heavy atom. The maximum Gasteiger partial charge on any atom is 0.255 e. The van der Waals surface area contributed by atoms with Gasteiger partial charge in [0.1, 0.15) is 0 Å². The summed E-state index contributed by atoms with van der Waals surface area (Å²) < 4.78 is 26.7. The number of carbonyl (C=O) groups is 1. The molecule has 2 N–H and O–H groups in total. The molecule has 0 saturated carbocycles. The van der Waals surface area contributed by atoms with E-state index in [1.54, 1.807) is 19.1 Å². The molecular weight excluding hydrogens is 362 g/mol. The SMILES string of the molecule is CCNS(=O)(=O)c1cccc(C(=O)Nc2ccc(N3CCCC3)cc2C)c1. The lowest BCUT2D eigenvalue weighted by Crippen LogP contribution is -2.23. The van der Waals surface area contributed by atoms with Gasteiger partial charge in [0.25, 0.3) is 5.91 Å². The van der Waals surface area contributed by atoms with E-state index in [1.165, 1.54) is 30.7 Å². The van der Waals surface area contributed by atoms with Gasteiger partial charge in [0.05, 0.1) is 4.90 Å². The number of benzene rings is 2. The number of aryl methyl sites for hydroxylation is 1. The number of nitrogens with zero attached hydrogens (tertiary/aromatic N) is 1. The molecule has 0 radical (unpaired) electrons. The Morgan fingerprint density at radius 2 is 1.85 bits per heavy atom. The van der Waals surface area contributed by atoms with Gasteiger partial charge in [-0.1, -0.05) is 13.0 Å². The van der Waals surface area contributed by atoms with Crippen LogP contribution in [0.4, 0.5) is 11.4 Å². The molecule has 0 unspecified atom stereocenters. The van der Waals surface area contributed by atoms with Gasteiger partial charge < -0.3 is 10.2 Å². The van der Waals surface area contributed by atoms with Crippen LogP contribution in [0.5, 0.6) is 0 Å². The molecule has 7 heteroatoms. The number of nitrogens with one attached hydrogen (secondary N) is 2. The number of hydrogen-bond donors (Lipinski definition) is 2. The van der Waals surface area contributed by atoms with E-state index in [9.17, 15) is 13.2 Å². The molecule has 0 aromatic heterocycles. The van der Waals surface area contributed by atoms with E-state index in [1.807, 2.05) is 19.1 Å². The summed E-state index contributed by atoms with van der Waals surface area (Å²) in [6.45, 7) is 6.10. The molecule has 27 heavy (non-hydrogen) atoms. The minimum absolute atomic E-state index is 0.0816. The van der Waals surface area contributed by atoms with Crippen LogP contribution in [0.2, 0.25) is 0 Å². The summed E-state index contributed by atoms with van der Waals surface area (Å²) in [4.78, 5) is 15.0. The first-order valence-electron chi connectivity index (χ1n) is 9.17. The molecule has 3 rings (SSSR count). The fourth-order valence-electron chi connectivity index (χ4n) is 3.23. The second-order valence-corrected chi connectivity index (χ2v) is 8.44. The van der Waals surface area contributed by atoms with Crippen LogP contribution in [0.25, 0.3) is 0 Å². The first kappa shape index (κ1) is 19.4. The Kier molecular flexibility index (Phi) is 5.82. The molecule has 1 aliphatic rings. The summed E-state index contributed by atoms with van der Waals surface area (Å²) in [7, 11) is -3.60. The van der Waals surface area contributed by atoms with Crippen molar-refractivity contribution in [3.63, 3.8) is 0 Å². The molecule has 1 aliphatic heterocycles. The van der Waals surface area contributed by atoms with Gasteiger partial charge in [-0.2, -0.15) is 0 Å². The maximum atomic E-state index is 12.6. The van der Waals surface area contributed by atoms with Crippen LogP contribution in [0.1, 0.15) is 35.7 Å². The van der Waals surface area contributed by atoms with Gasteiger partial charge in [-0.25, -0.2) is 13.1 Å². The second-order valence-electron chi connectivity index (χ2n) is 6.68. The summed E-state index contributed by atoms with van der Waals surface area (Å²) in [5.74, 6) is -0.333. The first-order chi connectivity index (χ1) is 12.9. The molecule has 6 nitrogen and oxygen atoms in total. The minimum atomic E-state index is -3.60. The first-order valence-corrected chi connectivity index (χ1v) is 10.7. The van der Waals surface area contributed by atoms with E-state index in [-0.39, 0.29) is 10.8 Å². The van der Waals surface area contributed by atoms with Crippen molar-refractivity contribution in [3.05, 3.63) is 53.6 Å². The van der Waals surface area contributed by atoms with Gasteiger partial charge in [-0.15, -0.1) is 0 Å². The molecule has 144 valence electrons. The average molecular weight is 388 g/mol. The van der Waals surface area contributed by atoms with Crippen molar-refractivity contribution in [3.8, 4) is 0 Å². The highest BCUT2D eigenvalue weighted by Gasteiger charge is 2.17. The molecular formula is C20H25N3O3S. The number of sulfonamides is 1. The van der Waals surface area contributed by atoms with Gasteiger partial charge in [-0.3, -0.25) is 4.79 Å². The molecule has 2 aromatic carbocycles. The maximum absolute atomic E-state index is 12.6. The normalized spacial score (nSPS) is 14.4. The highest BCUT2D eigenvalue weighted by molar-refractivity contribution is 7.89. The standard InChI is InChI=1S/C20H25N3O3S/c1-3-21-27(25,26)18-8-6-7-16(14-18)20(24)22-19-10-9-17(13-15(19)2)23-11-4-5-12-23/h6-10,13-14,21H,3-5,11-12H2,1-2H3,(H,22,24). The number of rotatable bonds is 6. The molecule has 0 atom stereocenters. The van der Waals surface area contributed by atoms with E-state index in [2.05, 4.69) is 21.0 Å². The van der Waals surface area contributed by atoms with Crippen LogP contribution in [0.3, 0.4) is 0 Å². The third-order valence-electron chi connectivity index (χ3n) is 4.67. The fourth-order valence-corrected chi connectivity index (χ4v) is 4.32. The number of hydrogen-bond acceptors (Lipinski definition) is 4. The lowest BCUT2D eigenvalue weighted by molar-refractivity contribution is 0.102. The van der Waals surface area contributed by atoms with Crippen molar-refractivity contribution < 1.29 is 13.2 Å². The van der Waals surface area contributed by atoms with Crippen LogP contribution < -0.4 is 14.9 Å². The predicted molar refractivity (Wildman–Crippen MR) is 108 cm³/mol. The van der Waals surface area contributed by atoms with Crippen molar-refractivity contribution in [2.24, 2.45) is 0 Å². The molecule has 1 saturated heterocycles. The third-order valence-corrected chi connectivity index (χ3v) is 6.21. The summed E-state index contributed by atoms with van der Waals surface area (Å²) in [6.07, 6.45) is 2.42. The average Bonchev–Trinajstić information content (AvgIpc) is 3.18. The van der Waals surface area contributed by atoms with Gasteiger partial charge in [0.2, 0.25) is 10.0 Å². The highest BCUT2D eigenvalue weighted by atomic mass is 32.2. The molecule has 0 bridgehead atoms. The molecule has 1 fully saturated rings. The molecule has 0 spiro atoms. The van der Waals surface area contributed by atoms with Crippen molar-refractivity contribution in [1.29, 1.82) is 0 Å². The van der Waals surface area contributed by atoms with Gasteiger partial charge in [0.15, 0.2) is 0 Å². The summed E-state index contributed by atoms with van der Waals surface area (Å²) in [6, 6.07) is 12.0. The Hall–Kier alpha value is -2.38. The minimum Gasteiger partial charge on any atom is -0.372 e. The topological polar surface area (TPSA) is 78.5 Å². The van der Waals surface area contributed by atoms with Crippen LogP contribution in [-0.2, 0) is 10.0 Å². The van der Waals surface area contributed by atoms with Crippen LogP contribution in [0, 0.1) is 6.92 Å². The zero-order valence-electron chi connectivity index (χ0n) is 15.7. The van der Waals surface area contributed by atoms with Crippen molar-refractivity contribution in [2.45, 2.75) is 31.6 Å². The van der Waals surface area contributed by atoms with Gasteiger partial charge in [-0.05, 0) is 61.7 Å². The third kappa shape index (κ3) is 4.48. The van der Waals surface area contributed by atoms with Crippen LogP contribution >= 0.6 is 0 Å². The zero-order valence-corrected chi connectivity index (χ0v) is 16.5. The van der Waals surface area contributed by atoms with Crippen molar-refractivity contribution >= 4 is 27.3 Å². The summed E-state index contributed by atoms with van der Waals surface area (Å²) >= 11 is 0. The zero-order chi connectivity index (χ0) is 19.4. The summed E-state index contributed by atoms with van der Waals surface area (Å²) in [5.41, 5.74) is 3.17. The lowest BCUT2D eigenvalue weighted by Gasteiger charge is -2.19. The van der Waals surface area contributed by atoms with Gasteiger partial charge >= 0.3 is 0 Å². The largest absolute Gasteiger partial charge is 0.372 e. The molecule has 0 aliphatic carbocycles. The Labute approximate surface area is 160 Å². The Morgan fingerprint density at radius 1 is 1.11 bits per heavy atom. The number of anilines is 2. The quantitative estimate of drug-likeness (QED) is 0.798. The van der Waals surface area contributed by atoms with E-state index < -0.39 is 10.0 Å². The van der Waals surface area contributed by atoms with E-state index in [0.29, 0.717) is 12.1 Å². The second kappa shape index (κ2) is 8.10. The van der Waals surface area contributed by atoms with Crippen molar-refractivity contribution in [2.75, 3.05) is 29.9 Å². The van der Waals surface area contributed by atoms with Crippen LogP contribution in [-0.4, -0.2) is 34.0 Å².